The van der Waals surface area contributed by atoms with E-state index in [4.69, 9.17) is 9.47 Å². The van der Waals surface area contributed by atoms with E-state index in [1.807, 2.05) is 45.0 Å². The predicted octanol–water partition coefficient (Wildman–Crippen LogP) is 5.38. The monoisotopic (exact) mass is 621 g/mol. The first-order valence-corrected chi connectivity index (χ1v) is 16.5. The highest BCUT2D eigenvalue weighted by Crippen LogP contribution is 2.36. The smallest absolute Gasteiger partial charge is 0.264 e. The first-order chi connectivity index (χ1) is 21.1. The summed E-state index contributed by atoms with van der Waals surface area (Å²) in [5.74, 6) is -0.0883. The predicted molar refractivity (Wildman–Crippen MR) is 171 cm³/mol. The summed E-state index contributed by atoms with van der Waals surface area (Å²) >= 11 is 0. The van der Waals surface area contributed by atoms with E-state index in [0.29, 0.717) is 12.2 Å². The minimum absolute atomic E-state index is 0.0250. The quantitative estimate of drug-likeness (QED) is 0.275. The molecule has 0 spiro atoms. The van der Waals surface area contributed by atoms with Gasteiger partial charge in [0.05, 0.1) is 24.8 Å². The Balaban J connectivity index is 1.78. The molecule has 44 heavy (non-hydrogen) atoms. The molecule has 2 amide bonds. The van der Waals surface area contributed by atoms with Gasteiger partial charge in [0, 0.05) is 18.7 Å². The lowest BCUT2D eigenvalue weighted by Crippen LogP contribution is -2.53. The number of aryl methyl sites for hydroxylation is 2. The van der Waals surface area contributed by atoms with Gasteiger partial charge in [0.25, 0.3) is 10.0 Å². The van der Waals surface area contributed by atoms with Crippen LogP contribution in [0.3, 0.4) is 0 Å². The van der Waals surface area contributed by atoms with Crippen molar-refractivity contribution in [1.29, 1.82) is 0 Å². The van der Waals surface area contributed by atoms with Gasteiger partial charge in [0.15, 0.2) is 0 Å². The van der Waals surface area contributed by atoms with Gasteiger partial charge in [-0.3, -0.25) is 13.9 Å². The van der Waals surface area contributed by atoms with Gasteiger partial charge in [-0.2, -0.15) is 0 Å². The second kappa shape index (κ2) is 14.6. The Morgan fingerprint density at radius 2 is 1.64 bits per heavy atom. The van der Waals surface area contributed by atoms with Crippen LogP contribution in [0.2, 0.25) is 0 Å². The van der Waals surface area contributed by atoms with E-state index in [9.17, 15) is 18.0 Å². The molecular weight excluding hydrogens is 578 g/mol. The van der Waals surface area contributed by atoms with Crippen LogP contribution in [0.1, 0.15) is 55.7 Å². The summed E-state index contributed by atoms with van der Waals surface area (Å²) in [7, 11) is -1.34. The van der Waals surface area contributed by atoms with E-state index >= 15 is 0 Å². The van der Waals surface area contributed by atoms with Crippen LogP contribution >= 0.6 is 0 Å². The number of nitrogens with zero attached hydrogens (tertiary/aromatic N) is 2. The highest BCUT2D eigenvalue weighted by atomic mass is 32.2. The van der Waals surface area contributed by atoms with Crippen molar-refractivity contribution in [3.8, 4) is 11.5 Å². The van der Waals surface area contributed by atoms with Crippen molar-refractivity contribution < 1.29 is 27.5 Å². The molecule has 1 aliphatic rings. The molecular formula is C34H43N3O6S. The van der Waals surface area contributed by atoms with E-state index < -0.39 is 28.5 Å². The SMILES string of the molecule is CC[C@H](C(=O)NC1CCCC1)N(Cc1cccc(C)c1)C(=O)CN(c1cc(OC)ccc1OC)S(=O)(=O)c1ccc(C)cc1. The van der Waals surface area contributed by atoms with Crippen LogP contribution in [0.15, 0.2) is 71.6 Å². The molecule has 4 rings (SSSR count). The number of rotatable bonds is 13. The first kappa shape index (κ1) is 32.9. The topological polar surface area (TPSA) is 105 Å². The van der Waals surface area contributed by atoms with Crippen molar-refractivity contribution in [2.45, 2.75) is 76.4 Å². The van der Waals surface area contributed by atoms with Crippen LogP contribution in [0.5, 0.6) is 11.5 Å². The average Bonchev–Trinajstić information content (AvgIpc) is 3.52. The average molecular weight is 622 g/mol. The summed E-state index contributed by atoms with van der Waals surface area (Å²) in [6, 6.07) is 18.3. The Hall–Kier alpha value is -4.05. The number of amides is 2. The highest BCUT2D eigenvalue weighted by Gasteiger charge is 2.35. The lowest BCUT2D eigenvalue weighted by Gasteiger charge is -2.34. The maximum absolute atomic E-state index is 14.4. The molecule has 1 fully saturated rings. The van der Waals surface area contributed by atoms with Crippen LogP contribution in [0.25, 0.3) is 0 Å². The van der Waals surface area contributed by atoms with Crippen LogP contribution in [0, 0.1) is 13.8 Å². The fraction of sp³-hybridized carbons (Fsp3) is 0.412. The van der Waals surface area contributed by atoms with E-state index in [2.05, 4.69) is 5.32 Å². The van der Waals surface area contributed by atoms with E-state index in [0.717, 1.165) is 46.7 Å². The molecule has 0 saturated heterocycles. The van der Waals surface area contributed by atoms with Crippen molar-refractivity contribution >= 4 is 27.5 Å². The first-order valence-electron chi connectivity index (χ1n) is 15.0. The standard InChI is InChI=1S/C34H43N3O6S/c1-6-30(34(39)35-27-12-7-8-13-27)36(22-26-11-9-10-25(3)20-26)33(38)23-37(31-21-28(42-4)16-19-32(31)43-5)44(40,41)29-17-14-24(2)15-18-29/h9-11,14-21,27,30H,6-8,12-13,22-23H2,1-5H3,(H,35,39)/t30-/m1/s1. The molecule has 0 bridgehead atoms. The van der Waals surface area contributed by atoms with Gasteiger partial charge in [0.2, 0.25) is 11.8 Å². The van der Waals surface area contributed by atoms with Crippen molar-refractivity contribution in [2.24, 2.45) is 0 Å². The number of carbonyl (C=O) groups excluding carboxylic acids is 2. The number of hydrogen-bond acceptors (Lipinski definition) is 6. The molecule has 1 aliphatic carbocycles. The molecule has 1 atom stereocenters. The van der Waals surface area contributed by atoms with E-state index in [1.165, 1.54) is 37.3 Å². The van der Waals surface area contributed by atoms with Gasteiger partial charge < -0.3 is 19.7 Å². The molecule has 0 radical (unpaired) electrons. The Bertz CT molecular complexity index is 1550. The molecule has 0 unspecified atom stereocenters. The van der Waals surface area contributed by atoms with Crippen molar-refractivity contribution in [1.82, 2.24) is 10.2 Å². The number of nitrogens with one attached hydrogen (secondary N) is 1. The summed E-state index contributed by atoms with van der Waals surface area (Å²) in [4.78, 5) is 29.6. The van der Waals surface area contributed by atoms with Gasteiger partial charge in [-0.25, -0.2) is 8.42 Å². The van der Waals surface area contributed by atoms with Crippen LogP contribution in [0.4, 0.5) is 5.69 Å². The van der Waals surface area contributed by atoms with Gasteiger partial charge in [0.1, 0.15) is 24.1 Å². The Morgan fingerprint density at radius 1 is 0.932 bits per heavy atom. The number of benzene rings is 3. The molecule has 1 saturated carbocycles. The number of methoxy groups -OCH3 is 2. The van der Waals surface area contributed by atoms with Crippen molar-refractivity contribution in [3.05, 3.63) is 83.4 Å². The summed E-state index contributed by atoms with van der Waals surface area (Å²) < 4.78 is 40.5. The van der Waals surface area contributed by atoms with Crippen LogP contribution in [-0.2, 0) is 26.2 Å². The van der Waals surface area contributed by atoms with Gasteiger partial charge >= 0.3 is 0 Å². The normalized spacial score (nSPS) is 14.1. The van der Waals surface area contributed by atoms with Crippen LogP contribution in [-0.4, -0.2) is 58.0 Å². The molecule has 0 heterocycles. The Labute approximate surface area is 261 Å². The lowest BCUT2D eigenvalue weighted by atomic mass is 10.1. The molecule has 0 aliphatic heterocycles. The van der Waals surface area contributed by atoms with Crippen molar-refractivity contribution in [2.75, 3.05) is 25.1 Å². The van der Waals surface area contributed by atoms with Gasteiger partial charge in [-0.15, -0.1) is 0 Å². The molecule has 236 valence electrons. The molecule has 3 aromatic carbocycles. The zero-order chi connectivity index (χ0) is 31.9. The minimum Gasteiger partial charge on any atom is -0.497 e. The lowest BCUT2D eigenvalue weighted by molar-refractivity contribution is -0.140. The number of sulfonamides is 1. The fourth-order valence-electron chi connectivity index (χ4n) is 5.64. The fourth-order valence-corrected chi connectivity index (χ4v) is 7.05. The second-order valence-electron chi connectivity index (χ2n) is 11.3. The maximum atomic E-state index is 14.4. The maximum Gasteiger partial charge on any atom is 0.264 e. The van der Waals surface area contributed by atoms with Crippen molar-refractivity contribution in [3.63, 3.8) is 0 Å². The Morgan fingerprint density at radius 3 is 2.25 bits per heavy atom. The third kappa shape index (κ3) is 7.72. The van der Waals surface area contributed by atoms with Crippen LogP contribution < -0.4 is 19.1 Å². The third-order valence-corrected chi connectivity index (χ3v) is 9.84. The molecule has 3 aromatic rings. The van der Waals surface area contributed by atoms with Gasteiger partial charge in [-0.05, 0) is 62.9 Å². The van der Waals surface area contributed by atoms with E-state index in [1.54, 1.807) is 24.3 Å². The summed E-state index contributed by atoms with van der Waals surface area (Å²) in [5.41, 5.74) is 2.91. The summed E-state index contributed by atoms with van der Waals surface area (Å²) in [6.45, 7) is 5.28. The molecule has 9 nitrogen and oxygen atoms in total. The largest absolute Gasteiger partial charge is 0.497 e. The van der Waals surface area contributed by atoms with Gasteiger partial charge in [-0.1, -0.05) is 67.3 Å². The molecule has 0 aromatic heterocycles. The zero-order valence-corrected chi connectivity index (χ0v) is 27.0. The molecule has 10 heteroatoms. The second-order valence-corrected chi connectivity index (χ2v) is 13.1. The Kier molecular flexibility index (Phi) is 10.9. The molecule has 1 N–H and O–H groups in total. The van der Waals surface area contributed by atoms with E-state index in [-0.39, 0.29) is 34.8 Å². The number of anilines is 1. The third-order valence-electron chi connectivity index (χ3n) is 8.07. The minimum atomic E-state index is -4.26. The number of carbonyl (C=O) groups is 2. The highest BCUT2D eigenvalue weighted by molar-refractivity contribution is 7.92. The number of hydrogen-bond donors (Lipinski definition) is 1. The number of ether oxygens (including phenoxy) is 2. The zero-order valence-electron chi connectivity index (χ0n) is 26.2. The summed E-state index contributed by atoms with van der Waals surface area (Å²) in [5, 5.41) is 3.14. The summed E-state index contributed by atoms with van der Waals surface area (Å²) in [6.07, 6.45) is 4.30.